The van der Waals surface area contributed by atoms with Crippen molar-refractivity contribution < 1.29 is 0 Å². The SMILES string of the molecule is NCCc1nnc(-c2ccc(-c3ccccc3)cc2)s1. The second-order valence-electron chi connectivity index (χ2n) is 4.48. The molecule has 100 valence electrons. The van der Waals surface area contributed by atoms with Gasteiger partial charge in [0.05, 0.1) is 0 Å². The highest BCUT2D eigenvalue weighted by Gasteiger charge is 2.06. The number of nitrogens with two attached hydrogens (primary N) is 1. The van der Waals surface area contributed by atoms with Gasteiger partial charge in [-0.2, -0.15) is 0 Å². The normalized spacial score (nSPS) is 10.7. The minimum atomic E-state index is 0.613. The molecule has 0 saturated carbocycles. The fourth-order valence-electron chi connectivity index (χ4n) is 2.03. The van der Waals surface area contributed by atoms with E-state index in [9.17, 15) is 0 Å². The van der Waals surface area contributed by atoms with Gasteiger partial charge in [-0.1, -0.05) is 65.9 Å². The third-order valence-corrected chi connectivity index (χ3v) is 4.10. The first-order chi connectivity index (χ1) is 9.86. The maximum absolute atomic E-state index is 5.53. The van der Waals surface area contributed by atoms with Crippen LogP contribution in [-0.2, 0) is 6.42 Å². The maximum atomic E-state index is 5.53. The second-order valence-corrected chi connectivity index (χ2v) is 5.55. The lowest BCUT2D eigenvalue weighted by molar-refractivity contribution is 0.913. The zero-order valence-electron chi connectivity index (χ0n) is 11.0. The van der Waals surface area contributed by atoms with Crippen LogP contribution < -0.4 is 5.73 Å². The van der Waals surface area contributed by atoms with Crippen LogP contribution >= 0.6 is 11.3 Å². The molecule has 0 aliphatic heterocycles. The van der Waals surface area contributed by atoms with Crippen molar-refractivity contribution in [2.75, 3.05) is 6.54 Å². The molecule has 4 heteroatoms. The van der Waals surface area contributed by atoms with Crippen LogP contribution in [0, 0.1) is 0 Å². The highest BCUT2D eigenvalue weighted by molar-refractivity contribution is 7.14. The van der Waals surface area contributed by atoms with E-state index in [2.05, 4.69) is 46.6 Å². The Kier molecular flexibility index (Phi) is 3.85. The first kappa shape index (κ1) is 13.0. The Morgan fingerprint density at radius 3 is 2.15 bits per heavy atom. The topological polar surface area (TPSA) is 51.8 Å². The van der Waals surface area contributed by atoms with Crippen LogP contribution in [0.5, 0.6) is 0 Å². The Labute approximate surface area is 122 Å². The van der Waals surface area contributed by atoms with Crippen LogP contribution in [0.4, 0.5) is 0 Å². The zero-order valence-corrected chi connectivity index (χ0v) is 11.8. The summed E-state index contributed by atoms with van der Waals surface area (Å²) in [7, 11) is 0. The summed E-state index contributed by atoms with van der Waals surface area (Å²) in [4.78, 5) is 0. The first-order valence-corrected chi connectivity index (χ1v) is 7.37. The summed E-state index contributed by atoms with van der Waals surface area (Å²) in [5, 5.41) is 10.3. The molecule has 0 amide bonds. The Bertz CT molecular complexity index is 674. The number of hydrogen-bond donors (Lipinski definition) is 1. The molecule has 1 aromatic heterocycles. The number of rotatable bonds is 4. The standard InChI is InChI=1S/C16H15N3S/c17-11-10-15-18-19-16(20-15)14-8-6-13(7-9-14)12-4-2-1-3-5-12/h1-9H,10-11,17H2. The number of benzene rings is 2. The van der Waals surface area contributed by atoms with Crippen molar-refractivity contribution in [1.29, 1.82) is 0 Å². The van der Waals surface area contributed by atoms with E-state index in [0.29, 0.717) is 6.54 Å². The van der Waals surface area contributed by atoms with Gasteiger partial charge >= 0.3 is 0 Å². The average molecular weight is 281 g/mol. The van der Waals surface area contributed by atoms with Crippen molar-refractivity contribution in [3.05, 3.63) is 59.6 Å². The molecule has 0 radical (unpaired) electrons. The van der Waals surface area contributed by atoms with E-state index in [4.69, 9.17) is 5.73 Å². The van der Waals surface area contributed by atoms with E-state index < -0.39 is 0 Å². The Balaban J connectivity index is 1.85. The summed E-state index contributed by atoms with van der Waals surface area (Å²) >= 11 is 1.61. The molecule has 0 unspecified atom stereocenters. The molecular weight excluding hydrogens is 266 g/mol. The Hall–Kier alpha value is -2.04. The van der Waals surface area contributed by atoms with E-state index in [1.165, 1.54) is 11.1 Å². The van der Waals surface area contributed by atoms with Crippen molar-refractivity contribution >= 4 is 11.3 Å². The van der Waals surface area contributed by atoms with E-state index in [0.717, 1.165) is 22.0 Å². The summed E-state index contributed by atoms with van der Waals surface area (Å²) in [6, 6.07) is 18.8. The number of nitrogens with zero attached hydrogens (tertiary/aromatic N) is 2. The van der Waals surface area contributed by atoms with Crippen molar-refractivity contribution in [3.63, 3.8) is 0 Å². The summed E-state index contributed by atoms with van der Waals surface area (Å²) in [5.41, 5.74) is 9.07. The lowest BCUT2D eigenvalue weighted by Gasteiger charge is -2.02. The fraction of sp³-hybridized carbons (Fsp3) is 0.125. The summed E-state index contributed by atoms with van der Waals surface area (Å²) < 4.78 is 0. The van der Waals surface area contributed by atoms with E-state index in [-0.39, 0.29) is 0 Å². The van der Waals surface area contributed by atoms with Gasteiger partial charge in [-0.25, -0.2) is 0 Å². The fourth-order valence-corrected chi connectivity index (χ4v) is 2.89. The zero-order chi connectivity index (χ0) is 13.8. The van der Waals surface area contributed by atoms with E-state index >= 15 is 0 Å². The van der Waals surface area contributed by atoms with Crippen LogP contribution in [0.25, 0.3) is 21.7 Å². The van der Waals surface area contributed by atoms with Crippen LogP contribution in [0.3, 0.4) is 0 Å². The summed E-state index contributed by atoms with van der Waals surface area (Å²) in [6.45, 7) is 0.613. The minimum absolute atomic E-state index is 0.613. The molecule has 0 aliphatic rings. The predicted molar refractivity (Wildman–Crippen MR) is 83.5 cm³/mol. The number of hydrogen-bond acceptors (Lipinski definition) is 4. The summed E-state index contributed by atoms with van der Waals surface area (Å²) in [6.07, 6.45) is 0.791. The molecule has 2 N–H and O–H groups in total. The van der Waals surface area contributed by atoms with Gasteiger partial charge in [0.15, 0.2) is 0 Å². The molecule has 1 heterocycles. The third kappa shape index (κ3) is 2.76. The smallest absolute Gasteiger partial charge is 0.147 e. The van der Waals surface area contributed by atoms with Crippen LogP contribution in [0.1, 0.15) is 5.01 Å². The van der Waals surface area contributed by atoms with Gasteiger partial charge in [-0.15, -0.1) is 10.2 Å². The van der Waals surface area contributed by atoms with Crippen molar-refractivity contribution in [2.45, 2.75) is 6.42 Å². The molecule has 20 heavy (non-hydrogen) atoms. The Morgan fingerprint density at radius 2 is 1.45 bits per heavy atom. The largest absolute Gasteiger partial charge is 0.330 e. The maximum Gasteiger partial charge on any atom is 0.147 e. The summed E-state index contributed by atoms with van der Waals surface area (Å²) in [5.74, 6) is 0. The van der Waals surface area contributed by atoms with E-state index in [1.54, 1.807) is 11.3 Å². The average Bonchev–Trinajstić information content (AvgIpc) is 2.97. The molecule has 0 bridgehead atoms. The molecule has 2 aromatic carbocycles. The van der Waals surface area contributed by atoms with E-state index in [1.807, 2.05) is 18.2 Å². The Morgan fingerprint density at radius 1 is 0.800 bits per heavy atom. The molecule has 0 spiro atoms. The molecule has 3 nitrogen and oxygen atoms in total. The van der Waals surface area contributed by atoms with Gasteiger partial charge in [0.1, 0.15) is 10.0 Å². The lowest BCUT2D eigenvalue weighted by atomic mass is 10.0. The molecule has 0 saturated heterocycles. The van der Waals surface area contributed by atoms with Crippen LogP contribution in [0.15, 0.2) is 54.6 Å². The highest BCUT2D eigenvalue weighted by Crippen LogP contribution is 2.26. The molecular formula is C16H15N3S. The second kappa shape index (κ2) is 5.94. The molecule has 0 aliphatic carbocycles. The molecule has 0 fully saturated rings. The van der Waals surface area contributed by atoms with Gasteiger partial charge < -0.3 is 5.73 Å². The first-order valence-electron chi connectivity index (χ1n) is 6.55. The highest BCUT2D eigenvalue weighted by atomic mass is 32.1. The quantitative estimate of drug-likeness (QED) is 0.797. The van der Waals surface area contributed by atoms with Gasteiger partial charge in [0.2, 0.25) is 0 Å². The number of aromatic nitrogens is 2. The van der Waals surface area contributed by atoms with Crippen molar-refractivity contribution in [2.24, 2.45) is 5.73 Å². The van der Waals surface area contributed by atoms with Crippen LogP contribution in [0.2, 0.25) is 0 Å². The van der Waals surface area contributed by atoms with Gasteiger partial charge in [0, 0.05) is 12.0 Å². The third-order valence-electron chi connectivity index (χ3n) is 3.06. The lowest BCUT2D eigenvalue weighted by Crippen LogP contribution is -2.01. The van der Waals surface area contributed by atoms with Crippen molar-refractivity contribution in [3.8, 4) is 21.7 Å². The predicted octanol–water partition coefficient (Wildman–Crippen LogP) is 3.37. The van der Waals surface area contributed by atoms with Crippen LogP contribution in [-0.4, -0.2) is 16.7 Å². The van der Waals surface area contributed by atoms with Gasteiger partial charge in [-0.3, -0.25) is 0 Å². The van der Waals surface area contributed by atoms with Gasteiger partial charge in [0.25, 0.3) is 0 Å². The van der Waals surface area contributed by atoms with Crippen molar-refractivity contribution in [1.82, 2.24) is 10.2 Å². The molecule has 3 aromatic rings. The molecule has 3 rings (SSSR count). The monoisotopic (exact) mass is 281 g/mol. The molecule has 0 atom stereocenters. The van der Waals surface area contributed by atoms with Gasteiger partial charge in [-0.05, 0) is 17.7 Å². The minimum Gasteiger partial charge on any atom is -0.330 e.